The van der Waals surface area contributed by atoms with Gasteiger partial charge in [0.25, 0.3) is 0 Å². The van der Waals surface area contributed by atoms with E-state index in [1.165, 1.54) is 6.33 Å². The lowest BCUT2D eigenvalue weighted by molar-refractivity contribution is -0.0364. The van der Waals surface area contributed by atoms with Crippen LogP contribution in [0.3, 0.4) is 0 Å². The number of pyridine rings is 1. The summed E-state index contributed by atoms with van der Waals surface area (Å²) in [4.78, 5) is 13.0. The fourth-order valence-corrected chi connectivity index (χ4v) is 4.77. The molecule has 1 fully saturated rings. The van der Waals surface area contributed by atoms with Crippen molar-refractivity contribution in [2.45, 2.75) is 50.4 Å². The third kappa shape index (κ3) is 3.51. The summed E-state index contributed by atoms with van der Waals surface area (Å²) in [6, 6.07) is 9.91. The lowest BCUT2D eigenvalue weighted by Crippen LogP contribution is -2.31. The number of nitrogen functional groups attached to an aromatic ring is 1. The van der Waals surface area contributed by atoms with Gasteiger partial charge in [0.05, 0.1) is 23.6 Å². The molecule has 1 aromatic carbocycles. The van der Waals surface area contributed by atoms with Crippen LogP contribution in [0.1, 0.15) is 25.1 Å². The van der Waals surface area contributed by atoms with Gasteiger partial charge < -0.3 is 35.3 Å². The van der Waals surface area contributed by atoms with E-state index in [2.05, 4.69) is 15.3 Å². The molecule has 34 heavy (non-hydrogen) atoms. The van der Waals surface area contributed by atoms with Gasteiger partial charge in [-0.3, -0.25) is 0 Å². The Kier molecular flexibility index (Phi) is 5.01. The summed E-state index contributed by atoms with van der Waals surface area (Å²) >= 11 is 0. The highest BCUT2D eigenvalue weighted by Crippen LogP contribution is 2.35. The van der Waals surface area contributed by atoms with E-state index in [1.54, 1.807) is 16.8 Å². The van der Waals surface area contributed by atoms with Gasteiger partial charge in [-0.15, -0.1) is 0 Å². The summed E-state index contributed by atoms with van der Waals surface area (Å²) < 4.78 is 13.7. The van der Waals surface area contributed by atoms with E-state index in [0.717, 1.165) is 34.6 Å². The standard InChI is InChI=1S/C24H26N6O4/c1-12-10-26-22-18(33-12)9-14-4-2-13(8-16(14)29-22)3-5-17-19(31)20(32)24(34-17)30-7-6-15-21(25)27-11-28-23(15)30/h2,4,6-9,11-12,17,19-20,24,31-32H,3,5,10H2,1H3,(H,26,29)(H2,25,27,28)/t12-,17-,19-,20-,24-/m1/s1. The van der Waals surface area contributed by atoms with Crippen LogP contribution in [0.5, 0.6) is 5.75 Å². The highest BCUT2D eigenvalue weighted by molar-refractivity contribution is 5.86. The Morgan fingerprint density at radius 2 is 2.06 bits per heavy atom. The van der Waals surface area contributed by atoms with Gasteiger partial charge in [-0.25, -0.2) is 15.0 Å². The van der Waals surface area contributed by atoms with Crippen LogP contribution in [-0.2, 0) is 11.2 Å². The number of nitrogens with zero attached hydrogens (tertiary/aromatic N) is 4. The Morgan fingerprint density at radius 3 is 2.94 bits per heavy atom. The van der Waals surface area contributed by atoms with E-state index in [-0.39, 0.29) is 6.10 Å². The number of hydrogen-bond acceptors (Lipinski definition) is 9. The smallest absolute Gasteiger partial charge is 0.169 e. The number of hydrogen-bond donors (Lipinski definition) is 4. The minimum Gasteiger partial charge on any atom is -0.485 e. The van der Waals surface area contributed by atoms with Crippen LogP contribution in [0.25, 0.3) is 21.9 Å². The molecule has 0 aliphatic carbocycles. The number of nitrogens with two attached hydrogens (primary N) is 1. The molecule has 3 aromatic heterocycles. The van der Waals surface area contributed by atoms with Gasteiger partial charge in [0.15, 0.2) is 17.8 Å². The fourth-order valence-electron chi connectivity index (χ4n) is 4.77. The summed E-state index contributed by atoms with van der Waals surface area (Å²) in [6.07, 6.45) is 1.04. The zero-order chi connectivity index (χ0) is 23.4. The lowest BCUT2D eigenvalue weighted by atomic mass is 10.0. The van der Waals surface area contributed by atoms with Gasteiger partial charge in [0.1, 0.15) is 36.1 Å². The number of aromatic nitrogens is 4. The fraction of sp³-hybridized carbons (Fsp3) is 0.375. The van der Waals surface area contributed by atoms with Crippen molar-refractivity contribution in [3.63, 3.8) is 0 Å². The van der Waals surface area contributed by atoms with Gasteiger partial charge >= 0.3 is 0 Å². The molecule has 2 aliphatic heterocycles. The van der Waals surface area contributed by atoms with Crippen LogP contribution >= 0.6 is 0 Å². The second kappa shape index (κ2) is 8.08. The van der Waals surface area contributed by atoms with E-state index < -0.39 is 24.5 Å². The predicted molar refractivity (Wildman–Crippen MR) is 127 cm³/mol. The van der Waals surface area contributed by atoms with Gasteiger partial charge in [-0.2, -0.15) is 0 Å². The van der Waals surface area contributed by atoms with Gasteiger partial charge in [0.2, 0.25) is 0 Å². The van der Waals surface area contributed by atoms with E-state index >= 15 is 0 Å². The first-order chi connectivity index (χ1) is 16.5. The number of ether oxygens (including phenoxy) is 2. The molecule has 0 spiro atoms. The maximum absolute atomic E-state index is 10.7. The molecule has 6 rings (SSSR count). The number of anilines is 2. The van der Waals surface area contributed by atoms with Crippen LogP contribution in [0.15, 0.2) is 42.9 Å². The van der Waals surface area contributed by atoms with Gasteiger partial charge in [-0.05, 0) is 43.5 Å². The first-order valence-corrected chi connectivity index (χ1v) is 11.4. The average molecular weight is 463 g/mol. The third-order valence-corrected chi connectivity index (χ3v) is 6.60. The zero-order valence-corrected chi connectivity index (χ0v) is 18.6. The van der Waals surface area contributed by atoms with E-state index in [1.807, 2.05) is 31.2 Å². The van der Waals surface area contributed by atoms with E-state index in [4.69, 9.17) is 20.2 Å². The summed E-state index contributed by atoms with van der Waals surface area (Å²) in [5, 5.41) is 26.4. The van der Waals surface area contributed by atoms with E-state index in [0.29, 0.717) is 29.7 Å². The molecule has 1 saturated heterocycles. The molecule has 0 unspecified atom stereocenters. The van der Waals surface area contributed by atoms with E-state index in [9.17, 15) is 10.2 Å². The maximum atomic E-state index is 10.7. The van der Waals surface area contributed by atoms with Crippen LogP contribution in [-0.4, -0.2) is 60.7 Å². The maximum Gasteiger partial charge on any atom is 0.169 e. The van der Waals surface area contributed by atoms with Crippen molar-refractivity contribution in [2.75, 3.05) is 17.6 Å². The third-order valence-electron chi connectivity index (χ3n) is 6.60. The molecule has 0 amide bonds. The lowest BCUT2D eigenvalue weighted by Gasteiger charge is -2.24. The number of benzene rings is 1. The molecule has 0 bridgehead atoms. The SMILES string of the molecule is C[C@@H]1CNc2nc3cc(CC[C@H]4O[C@@H](n5ccc6c(N)ncnc65)[C@H](O)[C@@H]4O)ccc3cc2O1. The molecule has 5 atom stereocenters. The minimum absolute atomic E-state index is 0.109. The molecule has 10 heteroatoms. The van der Waals surface area contributed by atoms with Crippen LogP contribution in [0, 0.1) is 0 Å². The normalized spacial score (nSPS) is 26.4. The quantitative estimate of drug-likeness (QED) is 0.358. The molecule has 2 aliphatic rings. The number of aliphatic hydroxyl groups is 2. The van der Waals surface area contributed by atoms with Crippen LogP contribution in [0.2, 0.25) is 0 Å². The number of rotatable bonds is 4. The molecular formula is C24H26N6O4. The highest BCUT2D eigenvalue weighted by atomic mass is 16.6. The topological polar surface area (TPSA) is 141 Å². The second-order valence-corrected chi connectivity index (χ2v) is 8.98. The van der Waals surface area contributed by atoms with Crippen molar-refractivity contribution in [3.8, 4) is 5.75 Å². The number of aryl methyl sites for hydroxylation is 1. The molecule has 4 aromatic rings. The van der Waals surface area contributed by atoms with Crippen molar-refractivity contribution < 1.29 is 19.7 Å². The molecular weight excluding hydrogens is 436 g/mol. The second-order valence-electron chi connectivity index (χ2n) is 8.98. The molecule has 0 saturated carbocycles. The highest BCUT2D eigenvalue weighted by Gasteiger charge is 2.43. The predicted octanol–water partition coefficient (Wildman–Crippen LogP) is 2.01. The number of aliphatic hydroxyl groups excluding tert-OH is 2. The molecule has 5 N–H and O–H groups in total. The van der Waals surface area contributed by atoms with Crippen molar-refractivity contribution >= 4 is 33.6 Å². The van der Waals surface area contributed by atoms with Crippen molar-refractivity contribution in [3.05, 3.63) is 48.4 Å². The van der Waals surface area contributed by atoms with Crippen molar-refractivity contribution in [2.24, 2.45) is 0 Å². The summed E-state index contributed by atoms with van der Waals surface area (Å²) in [6.45, 7) is 2.74. The van der Waals surface area contributed by atoms with Crippen molar-refractivity contribution in [1.29, 1.82) is 0 Å². The number of fused-ring (bicyclic) bond motifs is 3. The Hall–Kier alpha value is -3.47. The molecule has 0 radical (unpaired) electrons. The molecule has 10 nitrogen and oxygen atoms in total. The monoisotopic (exact) mass is 462 g/mol. The summed E-state index contributed by atoms with van der Waals surface area (Å²) in [5.41, 5.74) is 8.43. The van der Waals surface area contributed by atoms with Crippen LogP contribution in [0.4, 0.5) is 11.6 Å². The van der Waals surface area contributed by atoms with Crippen molar-refractivity contribution in [1.82, 2.24) is 19.5 Å². The van der Waals surface area contributed by atoms with Gasteiger partial charge in [0, 0.05) is 11.6 Å². The summed E-state index contributed by atoms with van der Waals surface area (Å²) in [5.74, 6) is 1.88. The average Bonchev–Trinajstić information content (AvgIpc) is 3.38. The largest absolute Gasteiger partial charge is 0.485 e. The minimum atomic E-state index is -1.09. The Bertz CT molecular complexity index is 1370. The summed E-state index contributed by atoms with van der Waals surface area (Å²) in [7, 11) is 0. The Labute approximate surface area is 195 Å². The molecule has 5 heterocycles. The zero-order valence-electron chi connectivity index (χ0n) is 18.6. The Balaban J connectivity index is 1.19. The first-order valence-electron chi connectivity index (χ1n) is 11.4. The molecule has 176 valence electrons. The first kappa shape index (κ1) is 21.1. The van der Waals surface area contributed by atoms with Crippen LogP contribution < -0.4 is 15.8 Å². The number of nitrogens with one attached hydrogen (secondary N) is 1. The van der Waals surface area contributed by atoms with Gasteiger partial charge in [-0.1, -0.05) is 12.1 Å². The Morgan fingerprint density at radius 1 is 1.18 bits per heavy atom.